The molecule has 4 rings (SSSR count). The topological polar surface area (TPSA) is 56.7 Å². The highest BCUT2D eigenvalue weighted by atomic mass is 19.1. The minimum absolute atomic E-state index is 0.0735. The fourth-order valence-electron chi connectivity index (χ4n) is 4.11. The van der Waals surface area contributed by atoms with Gasteiger partial charge in [0.15, 0.2) is 5.82 Å². The average Bonchev–Trinajstić information content (AvgIpc) is 3.07. The van der Waals surface area contributed by atoms with Crippen LogP contribution in [0.2, 0.25) is 0 Å². The van der Waals surface area contributed by atoms with Crippen LogP contribution in [-0.4, -0.2) is 53.9 Å². The van der Waals surface area contributed by atoms with E-state index in [0.29, 0.717) is 18.4 Å². The van der Waals surface area contributed by atoms with Crippen LogP contribution in [0.1, 0.15) is 18.4 Å². The number of rotatable bonds is 7. The van der Waals surface area contributed by atoms with E-state index in [-0.39, 0.29) is 11.5 Å². The number of halogens is 1. The Bertz CT molecular complexity index is 783. The van der Waals surface area contributed by atoms with E-state index >= 15 is 0 Å². The van der Waals surface area contributed by atoms with E-state index in [4.69, 9.17) is 14.2 Å². The number of aromatic nitrogens is 2. The van der Waals surface area contributed by atoms with Gasteiger partial charge < -0.3 is 14.2 Å². The molecule has 2 aliphatic rings. The van der Waals surface area contributed by atoms with Crippen molar-refractivity contribution >= 4 is 0 Å². The van der Waals surface area contributed by atoms with Crippen LogP contribution < -0.4 is 9.47 Å². The Kier molecular flexibility index (Phi) is 5.22. The average molecular weight is 373 g/mol. The van der Waals surface area contributed by atoms with Gasteiger partial charge in [-0.25, -0.2) is 14.4 Å². The summed E-state index contributed by atoms with van der Waals surface area (Å²) in [4.78, 5) is 10.5. The number of hydrogen-bond acceptors (Lipinski definition) is 6. The van der Waals surface area contributed by atoms with Crippen LogP contribution in [-0.2, 0) is 11.3 Å². The molecule has 2 aliphatic heterocycles. The number of likely N-dealkylation sites (tertiary alicyclic amines) is 1. The van der Waals surface area contributed by atoms with Crippen LogP contribution in [0.25, 0.3) is 0 Å². The number of pyridine rings is 2. The number of nitrogens with zero attached hydrogens (tertiary/aromatic N) is 3. The molecule has 0 aromatic carbocycles. The molecule has 0 N–H and O–H groups in total. The first-order chi connectivity index (χ1) is 13.2. The van der Waals surface area contributed by atoms with Gasteiger partial charge in [0.2, 0.25) is 11.8 Å². The predicted molar refractivity (Wildman–Crippen MR) is 97.2 cm³/mol. The van der Waals surface area contributed by atoms with Gasteiger partial charge in [-0.1, -0.05) is 6.07 Å². The van der Waals surface area contributed by atoms with Crippen molar-refractivity contribution in [2.75, 3.05) is 33.4 Å². The molecule has 0 unspecified atom stereocenters. The smallest absolute Gasteiger partial charge is 0.250 e. The molecule has 2 aromatic rings. The van der Waals surface area contributed by atoms with Crippen molar-refractivity contribution in [2.45, 2.75) is 25.0 Å². The van der Waals surface area contributed by atoms with Crippen LogP contribution in [0.5, 0.6) is 11.8 Å². The second kappa shape index (κ2) is 7.78. The van der Waals surface area contributed by atoms with E-state index in [0.717, 1.165) is 44.6 Å². The Morgan fingerprint density at radius 1 is 1.22 bits per heavy atom. The maximum absolute atomic E-state index is 13.6. The molecule has 4 heterocycles. The molecule has 0 amide bonds. The summed E-state index contributed by atoms with van der Waals surface area (Å²) >= 11 is 0. The summed E-state index contributed by atoms with van der Waals surface area (Å²) < 4.78 is 30.6. The van der Waals surface area contributed by atoms with Gasteiger partial charge in [-0.15, -0.1) is 0 Å². The summed E-state index contributed by atoms with van der Waals surface area (Å²) in [6.45, 7) is 3.78. The lowest BCUT2D eigenvalue weighted by atomic mass is 9.79. The van der Waals surface area contributed by atoms with E-state index in [1.165, 1.54) is 12.3 Å². The lowest BCUT2D eigenvalue weighted by Gasteiger charge is -2.50. The maximum atomic E-state index is 13.6. The second-order valence-electron chi connectivity index (χ2n) is 7.14. The summed E-state index contributed by atoms with van der Waals surface area (Å²) in [5.41, 5.74) is 0.972. The first-order valence-corrected chi connectivity index (χ1v) is 9.28. The van der Waals surface area contributed by atoms with Gasteiger partial charge >= 0.3 is 0 Å². The third-order valence-corrected chi connectivity index (χ3v) is 5.45. The molecule has 27 heavy (non-hydrogen) atoms. The Hall–Kier alpha value is -2.25. The highest BCUT2D eigenvalue weighted by molar-refractivity contribution is 5.26. The van der Waals surface area contributed by atoms with Gasteiger partial charge in [0.05, 0.1) is 19.3 Å². The first kappa shape index (κ1) is 18.1. The van der Waals surface area contributed by atoms with Gasteiger partial charge in [0.25, 0.3) is 0 Å². The van der Waals surface area contributed by atoms with Crippen LogP contribution >= 0.6 is 0 Å². The predicted octanol–water partition coefficient (Wildman–Crippen LogP) is 2.68. The van der Waals surface area contributed by atoms with Crippen molar-refractivity contribution in [1.29, 1.82) is 0 Å². The summed E-state index contributed by atoms with van der Waals surface area (Å²) in [5, 5.41) is 0. The summed E-state index contributed by atoms with van der Waals surface area (Å²) in [6, 6.07) is 6.89. The van der Waals surface area contributed by atoms with E-state index in [9.17, 15) is 4.39 Å². The van der Waals surface area contributed by atoms with Gasteiger partial charge in [0.1, 0.15) is 0 Å². The van der Waals surface area contributed by atoms with Crippen molar-refractivity contribution in [1.82, 2.24) is 14.9 Å². The third kappa shape index (κ3) is 3.75. The van der Waals surface area contributed by atoms with Crippen LogP contribution in [0, 0.1) is 11.7 Å². The van der Waals surface area contributed by atoms with Crippen molar-refractivity contribution in [3.05, 3.63) is 48.0 Å². The molecule has 0 saturated carbocycles. The monoisotopic (exact) mass is 373 g/mol. The van der Waals surface area contributed by atoms with Crippen molar-refractivity contribution in [2.24, 2.45) is 5.92 Å². The molecule has 0 aliphatic carbocycles. The molecule has 2 saturated heterocycles. The minimum atomic E-state index is -0.421. The SMILES string of the molecule is COc1ncccc1CN1CC2(C1)OCC[C@@H]2CCOc1ncccc1F. The van der Waals surface area contributed by atoms with E-state index in [1.54, 1.807) is 19.4 Å². The Balaban J connectivity index is 1.30. The van der Waals surface area contributed by atoms with E-state index in [1.807, 2.05) is 12.1 Å². The zero-order valence-electron chi connectivity index (χ0n) is 15.4. The summed E-state index contributed by atoms with van der Waals surface area (Å²) in [6.07, 6.45) is 5.12. The van der Waals surface area contributed by atoms with Gasteiger partial charge in [0, 0.05) is 44.2 Å². The largest absolute Gasteiger partial charge is 0.481 e. The Morgan fingerprint density at radius 2 is 2.00 bits per heavy atom. The molecule has 0 radical (unpaired) electrons. The van der Waals surface area contributed by atoms with E-state index in [2.05, 4.69) is 14.9 Å². The molecular weight excluding hydrogens is 349 g/mol. The molecule has 2 fully saturated rings. The zero-order valence-corrected chi connectivity index (χ0v) is 15.4. The van der Waals surface area contributed by atoms with Crippen LogP contribution in [0.4, 0.5) is 4.39 Å². The lowest BCUT2D eigenvalue weighted by Crippen LogP contribution is -2.64. The quantitative estimate of drug-likeness (QED) is 0.744. The van der Waals surface area contributed by atoms with Crippen molar-refractivity contribution < 1.29 is 18.6 Å². The van der Waals surface area contributed by atoms with Crippen molar-refractivity contribution in [3.8, 4) is 11.8 Å². The Morgan fingerprint density at radius 3 is 2.78 bits per heavy atom. The lowest BCUT2D eigenvalue weighted by molar-refractivity contribution is -0.138. The van der Waals surface area contributed by atoms with Crippen LogP contribution in [0.15, 0.2) is 36.7 Å². The highest BCUT2D eigenvalue weighted by Crippen LogP contribution is 2.42. The summed E-state index contributed by atoms with van der Waals surface area (Å²) in [7, 11) is 1.64. The minimum Gasteiger partial charge on any atom is -0.481 e. The highest BCUT2D eigenvalue weighted by Gasteiger charge is 2.52. The normalized spacial score (nSPS) is 21.2. The molecule has 1 atom stereocenters. The van der Waals surface area contributed by atoms with E-state index < -0.39 is 5.82 Å². The fourth-order valence-corrected chi connectivity index (χ4v) is 4.11. The van der Waals surface area contributed by atoms with Crippen LogP contribution in [0.3, 0.4) is 0 Å². The molecule has 2 aromatic heterocycles. The third-order valence-electron chi connectivity index (χ3n) is 5.45. The van der Waals surface area contributed by atoms with Gasteiger partial charge in [-0.05, 0) is 37.0 Å². The number of methoxy groups -OCH3 is 1. The molecule has 0 bridgehead atoms. The fraction of sp³-hybridized carbons (Fsp3) is 0.500. The van der Waals surface area contributed by atoms with Crippen molar-refractivity contribution in [3.63, 3.8) is 0 Å². The Labute approximate surface area is 158 Å². The van der Waals surface area contributed by atoms with Gasteiger partial charge in [-0.2, -0.15) is 0 Å². The molecular formula is C20H24FN3O3. The number of ether oxygens (including phenoxy) is 3. The first-order valence-electron chi connectivity index (χ1n) is 9.28. The second-order valence-corrected chi connectivity index (χ2v) is 7.14. The molecule has 6 nitrogen and oxygen atoms in total. The number of hydrogen-bond donors (Lipinski definition) is 0. The van der Waals surface area contributed by atoms with Gasteiger partial charge in [-0.3, -0.25) is 4.90 Å². The molecule has 7 heteroatoms. The summed E-state index contributed by atoms with van der Waals surface area (Å²) in [5.74, 6) is 0.740. The molecule has 144 valence electrons. The molecule has 1 spiro atoms. The zero-order chi connectivity index (χ0) is 18.7. The maximum Gasteiger partial charge on any atom is 0.250 e. The standard InChI is InChI=1S/C20H24FN3O3/c1-25-18-15(4-2-8-22-18)12-24-13-20(14-24)16(7-11-27-20)6-10-26-19-17(21)5-3-9-23-19/h2-5,8-9,16H,6-7,10-14H2,1H3/t16-/m0/s1.